The number of alkyl carbamates (subject to hydrolysis) is 1. The lowest BCUT2D eigenvalue weighted by Crippen LogP contribution is -2.46. The highest BCUT2D eigenvalue weighted by atomic mass is 19.4. The maximum absolute atomic E-state index is 13.5. The maximum atomic E-state index is 13.5. The molecule has 1 heterocycles. The molecule has 1 atom stereocenters. The molecule has 2 aromatic rings. The Bertz CT molecular complexity index is 1360. The Morgan fingerprint density at radius 2 is 1.75 bits per heavy atom. The van der Waals surface area contributed by atoms with Crippen molar-refractivity contribution in [3.63, 3.8) is 0 Å². The number of aromatic nitrogens is 2. The van der Waals surface area contributed by atoms with Crippen molar-refractivity contribution in [2.24, 2.45) is 5.41 Å². The minimum Gasteiger partial charge on any atom is -0.495 e. The number of hydrogen-bond acceptors (Lipinski definition) is 11. The van der Waals surface area contributed by atoms with E-state index in [1.165, 1.54) is 14.2 Å². The molecule has 0 bridgehead atoms. The zero-order valence-corrected chi connectivity index (χ0v) is 25.7. The number of methoxy groups -OCH3 is 2. The average molecular weight is 626 g/mol. The molecule has 15 heteroatoms. The van der Waals surface area contributed by atoms with Crippen LogP contribution in [0.25, 0.3) is 0 Å². The summed E-state index contributed by atoms with van der Waals surface area (Å²) in [4.78, 5) is 45.5. The van der Waals surface area contributed by atoms with Crippen molar-refractivity contribution in [3.8, 4) is 5.75 Å². The molecule has 1 aliphatic rings. The Morgan fingerprint density at radius 3 is 2.32 bits per heavy atom. The molecule has 0 unspecified atom stereocenters. The number of carbonyl (C=O) groups excluding carboxylic acids is 3. The third kappa shape index (κ3) is 9.88. The number of carbonyl (C=O) groups is 3. The van der Waals surface area contributed by atoms with Gasteiger partial charge < -0.3 is 34.9 Å². The Balaban J connectivity index is 1.82. The summed E-state index contributed by atoms with van der Waals surface area (Å²) in [7, 11) is 2.61. The highest BCUT2D eigenvalue weighted by Crippen LogP contribution is 2.37. The third-order valence-electron chi connectivity index (χ3n) is 6.25. The molecule has 1 saturated carbocycles. The van der Waals surface area contributed by atoms with Crippen LogP contribution in [-0.2, 0) is 36.4 Å². The van der Waals surface area contributed by atoms with Gasteiger partial charge in [0.25, 0.3) is 0 Å². The summed E-state index contributed by atoms with van der Waals surface area (Å²) in [5.41, 5.74) is -2.07. The molecule has 1 aromatic carbocycles. The van der Waals surface area contributed by atoms with Crippen LogP contribution in [0.1, 0.15) is 58.6 Å². The van der Waals surface area contributed by atoms with Crippen molar-refractivity contribution in [3.05, 3.63) is 35.5 Å². The van der Waals surface area contributed by atoms with Crippen LogP contribution in [0.2, 0.25) is 0 Å². The van der Waals surface area contributed by atoms with Crippen LogP contribution in [-0.4, -0.2) is 66.5 Å². The highest BCUT2D eigenvalue weighted by molar-refractivity contribution is 5.82. The van der Waals surface area contributed by atoms with Gasteiger partial charge in [0.05, 0.1) is 25.3 Å². The lowest BCUT2D eigenvalue weighted by Gasteiger charge is -2.25. The van der Waals surface area contributed by atoms with E-state index in [0.717, 1.165) is 12.8 Å². The molecule has 1 aliphatic carbocycles. The van der Waals surface area contributed by atoms with E-state index in [0.29, 0.717) is 17.4 Å². The van der Waals surface area contributed by atoms with Gasteiger partial charge in [0.15, 0.2) is 0 Å². The van der Waals surface area contributed by atoms with E-state index >= 15 is 0 Å². The first-order valence-electron chi connectivity index (χ1n) is 13.8. The van der Waals surface area contributed by atoms with Gasteiger partial charge in [-0.2, -0.15) is 18.2 Å². The molecule has 44 heavy (non-hydrogen) atoms. The fourth-order valence-corrected chi connectivity index (χ4v) is 3.83. The van der Waals surface area contributed by atoms with Gasteiger partial charge in [-0.25, -0.2) is 14.6 Å². The predicted octanol–water partition coefficient (Wildman–Crippen LogP) is 5.00. The van der Waals surface area contributed by atoms with E-state index in [-0.39, 0.29) is 36.6 Å². The van der Waals surface area contributed by atoms with Crippen LogP contribution in [0.15, 0.2) is 24.4 Å². The summed E-state index contributed by atoms with van der Waals surface area (Å²) >= 11 is 0. The largest absolute Gasteiger partial charge is 0.495 e. The number of ether oxygens (including phenoxy) is 4. The highest BCUT2D eigenvalue weighted by Gasteiger charge is 2.37. The normalized spacial score (nSPS) is 14.2. The second kappa shape index (κ2) is 13.6. The van der Waals surface area contributed by atoms with Gasteiger partial charge in [-0.3, -0.25) is 4.79 Å². The first kappa shape index (κ1) is 34.2. The monoisotopic (exact) mass is 625 g/mol. The topological polar surface area (TPSA) is 150 Å². The summed E-state index contributed by atoms with van der Waals surface area (Å²) in [5, 5.41) is 8.17. The summed E-state index contributed by atoms with van der Waals surface area (Å²) in [6.45, 7) is 7.79. The number of halogens is 3. The van der Waals surface area contributed by atoms with Gasteiger partial charge in [-0.05, 0) is 65.2 Å². The third-order valence-corrected chi connectivity index (χ3v) is 6.25. The SMILES string of the molecule is COC(=O)C(C)(C)COC(=O)[C@H](Cc1ccc(Nc2ncc(C(F)(F)F)c(NC3CC3)n2)c(OC)c1)NC(=O)OC(C)(C)C. The molecule has 0 saturated heterocycles. The molecule has 242 valence electrons. The molecule has 1 aromatic heterocycles. The van der Waals surface area contributed by atoms with Crippen molar-refractivity contribution >= 4 is 35.5 Å². The number of esters is 2. The van der Waals surface area contributed by atoms with Crippen LogP contribution in [0.3, 0.4) is 0 Å². The Labute approximate surface area is 253 Å². The minimum absolute atomic E-state index is 0.0559. The molecule has 3 rings (SSSR count). The van der Waals surface area contributed by atoms with Crippen LogP contribution in [0.4, 0.5) is 35.4 Å². The van der Waals surface area contributed by atoms with Crippen molar-refractivity contribution < 1.29 is 46.5 Å². The van der Waals surface area contributed by atoms with Gasteiger partial charge in [0.2, 0.25) is 5.95 Å². The molecule has 0 radical (unpaired) electrons. The number of hydrogen-bond donors (Lipinski definition) is 3. The summed E-state index contributed by atoms with van der Waals surface area (Å²) < 4.78 is 61.3. The zero-order chi connectivity index (χ0) is 32.9. The number of nitrogens with zero attached hydrogens (tertiary/aromatic N) is 2. The average Bonchev–Trinajstić information content (AvgIpc) is 3.74. The molecule has 1 fully saturated rings. The fourth-order valence-electron chi connectivity index (χ4n) is 3.83. The van der Waals surface area contributed by atoms with E-state index in [4.69, 9.17) is 18.9 Å². The van der Waals surface area contributed by atoms with E-state index < -0.39 is 46.8 Å². The first-order chi connectivity index (χ1) is 20.4. The molecular formula is C29H38F3N5O7. The Morgan fingerprint density at radius 1 is 1.07 bits per heavy atom. The van der Waals surface area contributed by atoms with Crippen LogP contribution in [0, 0.1) is 5.41 Å². The number of anilines is 3. The molecule has 3 N–H and O–H groups in total. The number of amides is 1. The molecular weight excluding hydrogens is 587 g/mol. The second-order valence-corrected chi connectivity index (χ2v) is 11.9. The number of rotatable bonds is 12. The van der Waals surface area contributed by atoms with Crippen molar-refractivity contribution in [1.82, 2.24) is 15.3 Å². The number of nitrogens with one attached hydrogen (secondary N) is 3. The van der Waals surface area contributed by atoms with E-state index in [2.05, 4.69) is 25.9 Å². The van der Waals surface area contributed by atoms with Crippen molar-refractivity contribution in [2.45, 2.75) is 77.7 Å². The molecule has 12 nitrogen and oxygen atoms in total. The maximum Gasteiger partial charge on any atom is 0.421 e. The van der Waals surface area contributed by atoms with Gasteiger partial charge in [0, 0.05) is 18.7 Å². The van der Waals surface area contributed by atoms with Crippen LogP contribution < -0.4 is 20.7 Å². The van der Waals surface area contributed by atoms with Crippen LogP contribution in [0.5, 0.6) is 5.75 Å². The minimum atomic E-state index is -4.63. The molecule has 1 amide bonds. The standard InChI is InChI=1S/C29H38F3N5O7/c1-27(2,3)44-26(40)36-20(23(38)43-15-28(4,5)24(39)42-7)12-16-8-11-19(21(13-16)41-6)35-25-33-14-18(29(30,31)32)22(37-25)34-17-9-10-17/h8,11,13-14,17,20H,9-10,12,15H2,1-7H3,(H,36,40)(H2,33,34,35,37)/t20-/m0/s1. The smallest absolute Gasteiger partial charge is 0.421 e. The summed E-state index contributed by atoms with van der Waals surface area (Å²) in [6, 6.07) is 3.47. The number of benzene rings is 1. The molecule has 0 aliphatic heterocycles. The van der Waals surface area contributed by atoms with Gasteiger partial charge in [0.1, 0.15) is 35.4 Å². The number of alkyl halides is 3. The second-order valence-electron chi connectivity index (χ2n) is 11.9. The lowest BCUT2D eigenvalue weighted by molar-refractivity contribution is -0.160. The zero-order valence-electron chi connectivity index (χ0n) is 25.7. The van der Waals surface area contributed by atoms with E-state index in [1.807, 2.05) is 0 Å². The lowest BCUT2D eigenvalue weighted by atomic mass is 9.95. The fraction of sp³-hybridized carbons (Fsp3) is 0.552. The molecule has 0 spiro atoms. The van der Waals surface area contributed by atoms with Gasteiger partial charge in [-0.1, -0.05) is 6.07 Å². The quantitative estimate of drug-likeness (QED) is 0.216. The summed E-state index contributed by atoms with van der Waals surface area (Å²) in [5.74, 6) is -1.55. The van der Waals surface area contributed by atoms with Crippen LogP contribution >= 0.6 is 0 Å². The first-order valence-corrected chi connectivity index (χ1v) is 13.8. The Kier molecular flexibility index (Phi) is 10.5. The van der Waals surface area contributed by atoms with E-state index in [1.54, 1.807) is 52.8 Å². The predicted molar refractivity (Wildman–Crippen MR) is 154 cm³/mol. The van der Waals surface area contributed by atoms with Gasteiger partial charge >= 0.3 is 24.2 Å². The van der Waals surface area contributed by atoms with Gasteiger partial charge in [-0.15, -0.1) is 0 Å². The van der Waals surface area contributed by atoms with Crippen molar-refractivity contribution in [2.75, 3.05) is 31.5 Å². The van der Waals surface area contributed by atoms with Crippen molar-refractivity contribution in [1.29, 1.82) is 0 Å². The van der Waals surface area contributed by atoms with E-state index in [9.17, 15) is 27.6 Å². The summed E-state index contributed by atoms with van der Waals surface area (Å²) in [6.07, 6.45) is -3.33. The Hall–Kier alpha value is -4.30.